The van der Waals surface area contributed by atoms with Crippen LogP contribution in [0.1, 0.15) is 25.0 Å². The number of carbonyl (C=O) groups excluding carboxylic acids is 1. The molecule has 1 aliphatic heterocycles. The van der Waals surface area contributed by atoms with E-state index in [4.69, 9.17) is 0 Å². The lowest BCUT2D eigenvalue weighted by Gasteiger charge is -2.45. The molecule has 4 rings (SSSR count). The van der Waals surface area contributed by atoms with Crippen LogP contribution in [-0.2, 0) is 11.4 Å². The van der Waals surface area contributed by atoms with Crippen LogP contribution in [0.2, 0.25) is 0 Å². The maximum absolute atomic E-state index is 12.7. The predicted octanol–water partition coefficient (Wildman–Crippen LogP) is 3.03. The smallest absolute Gasteiger partial charge is 0.238 e. The standard InChI is InChI=1S/C22H27N5O2S/c1-14-9-26(11-20(29)25-19-6-4-5-17(12-28)16(19)3)10-15(2)27(14)21-18-7-8-30-22(18)24-13-23-21/h4-8,13-15,28H,9-12H2,1-3H3,(H,25,29)/t14-,15+. The third-order valence-electron chi connectivity index (χ3n) is 5.74. The maximum Gasteiger partial charge on any atom is 0.238 e. The normalized spacial score (nSPS) is 19.9. The van der Waals surface area contributed by atoms with Crippen LogP contribution in [0.4, 0.5) is 11.5 Å². The summed E-state index contributed by atoms with van der Waals surface area (Å²) in [4.78, 5) is 27.2. The Morgan fingerprint density at radius 2 is 2.00 bits per heavy atom. The van der Waals surface area contributed by atoms with Crippen molar-refractivity contribution in [2.75, 3.05) is 29.9 Å². The first-order chi connectivity index (χ1) is 14.5. The third-order valence-corrected chi connectivity index (χ3v) is 6.56. The molecule has 7 nitrogen and oxygen atoms in total. The number of nitrogens with one attached hydrogen (secondary N) is 1. The van der Waals surface area contributed by atoms with Gasteiger partial charge < -0.3 is 15.3 Å². The van der Waals surface area contributed by atoms with Gasteiger partial charge in [0.1, 0.15) is 17.0 Å². The highest BCUT2D eigenvalue weighted by Crippen LogP contribution is 2.31. The number of fused-ring (bicyclic) bond motifs is 1. The number of rotatable bonds is 5. The van der Waals surface area contributed by atoms with E-state index in [1.54, 1.807) is 17.7 Å². The Morgan fingerprint density at radius 3 is 2.73 bits per heavy atom. The SMILES string of the molecule is Cc1c(CO)cccc1NC(=O)CN1C[C@@H](C)N(c2ncnc3sccc23)[C@@H](C)C1. The van der Waals surface area contributed by atoms with Crippen LogP contribution in [0.5, 0.6) is 0 Å². The molecule has 0 aliphatic carbocycles. The van der Waals surface area contributed by atoms with Gasteiger partial charge >= 0.3 is 0 Å². The first kappa shape index (κ1) is 20.7. The number of aliphatic hydroxyl groups excluding tert-OH is 1. The zero-order valence-corrected chi connectivity index (χ0v) is 18.3. The highest BCUT2D eigenvalue weighted by atomic mass is 32.1. The van der Waals surface area contributed by atoms with E-state index >= 15 is 0 Å². The van der Waals surface area contributed by atoms with Gasteiger partial charge in [-0.15, -0.1) is 11.3 Å². The number of aromatic nitrogens is 2. The minimum atomic E-state index is -0.0386. The van der Waals surface area contributed by atoms with Gasteiger partial charge in [0.25, 0.3) is 0 Å². The Balaban J connectivity index is 1.44. The molecule has 3 heterocycles. The van der Waals surface area contributed by atoms with E-state index in [-0.39, 0.29) is 24.6 Å². The fourth-order valence-electron chi connectivity index (χ4n) is 4.34. The van der Waals surface area contributed by atoms with E-state index in [0.29, 0.717) is 6.54 Å². The molecule has 8 heteroatoms. The fraction of sp³-hybridized carbons (Fsp3) is 0.409. The summed E-state index contributed by atoms with van der Waals surface area (Å²) in [5.41, 5.74) is 2.49. The van der Waals surface area contributed by atoms with Crippen LogP contribution < -0.4 is 10.2 Å². The molecule has 0 unspecified atom stereocenters. The Labute approximate surface area is 180 Å². The van der Waals surface area contributed by atoms with E-state index in [9.17, 15) is 9.90 Å². The molecule has 1 aliphatic rings. The van der Waals surface area contributed by atoms with Crippen LogP contribution >= 0.6 is 11.3 Å². The van der Waals surface area contributed by atoms with Gasteiger partial charge in [-0.2, -0.15) is 0 Å². The molecular weight excluding hydrogens is 398 g/mol. The quantitative estimate of drug-likeness (QED) is 0.654. The Bertz CT molecular complexity index is 1040. The molecule has 1 amide bonds. The van der Waals surface area contributed by atoms with Crippen molar-refractivity contribution in [1.29, 1.82) is 0 Å². The average Bonchev–Trinajstić information content (AvgIpc) is 3.18. The van der Waals surface area contributed by atoms with E-state index in [1.165, 1.54) is 0 Å². The number of amides is 1. The van der Waals surface area contributed by atoms with Crippen LogP contribution in [0, 0.1) is 6.92 Å². The lowest BCUT2D eigenvalue weighted by Crippen LogP contribution is -2.58. The van der Waals surface area contributed by atoms with Gasteiger partial charge in [0.2, 0.25) is 5.91 Å². The van der Waals surface area contributed by atoms with Gasteiger partial charge in [-0.25, -0.2) is 9.97 Å². The Morgan fingerprint density at radius 1 is 1.23 bits per heavy atom. The molecule has 3 aromatic rings. The summed E-state index contributed by atoms with van der Waals surface area (Å²) < 4.78 is 0. The minimum Gasteiger partial charge on any atom is -0.392 e. The first-order valence-electron chi connectivity index (χ1n) is 10.2. The molecular formula is C22H27N5O2S. The van der Waals surface area contributed by atoms with Crippen molar-refractivity contribution >= 4 is 39.0 Å². The number of benzene rings is 1. The molecule has 2 aromatic heterocycles. The van der Waals surface area contributed by atoms with Crippen molar-refractivity contribution in [3.05, 3.63) is 47.1 Å². The van der Waals surface area contributed by atoms with Crippen LogP contribution in [0.3, 0.4) is 0 Å². The summed E-state index contributed by atoms with van der Waals surface area (Å²) in [7, 11) is 0. The van der Waals surface area contributed by atoms with Crippen LogP contribution in [-0.4, -0.2) is 57.6 Å². The second-order valence-electron chi connectivity index (χ2n) is 7.93. The Hall–Kier alpha value is -2.55. The number of hydrogen-bond acceptors (Lipinski definition) is 7. The molecule has 1 aromatic carbocycles. The van der Waals surface area contributed by atoms with Crippen molar-refractivity contribution in [2.24, 2.45) is 0 Å². The zero-order valence-electron chi connectivity index (χ0n) is 17.5. The molecule has 2 N–H and O–H groups in total. The monoisotopic (exact) mass is 425 g/mol. The summed E-state index contributed by atoms with van der Waals surface area (Å²) in [6.45, 7) is 8.13. The number of aliphatic hydroxyl groups is 1. The van der Waals surface area contributed by atoms with Gasteiger partial charge in [0.15, 0.2) is 0 Å². The third kappa shape index (κ3) is 4.03. The number of nitrogens with zero attached hydrogens (tertiary/aromatic N) is 4. The van der Waals surface area contributed by atoms with E-state index in [2.05, 4.69) is 45.0 Å². The minimum absolute atomic E-state index is 0.0347. The molecule has 1 saturated heterocycles. The summed E-state index contributed by atoms with van der Waals surface area (Å²) >= 11 is 1.62. The number of hydrogen-bond donors (Lipinski definition) is 2. The lowest BCUT2D eigenvalue weighted by molar-refractivity contribution is -0.117. The molecule has 0 saturated carbocycles. The molecule has 2 atom stereocenters. The second-order valence-corrected chi connectivity index (χ2v) is 8.83. The number of anilines is 2. The van der Waals surface area contributed by atoms with Crippen molar-refractivity contribution in [2.45, 2.75) is 39.5 Å². The van der Waals surface area contributed by atoms with Crippen molar-refractivity contribution in [1.82, 2.24) is 14.9 Å². The van der Waals surface area contributed by atoms with E-state index in [0.717, 1.165) is 45.9 Å². The first-order valence-corrected chi connectivity index (χ1v) is 11.0. The highest BCUT2D eigenvalue weighted by Gasteiger charge is 2.32. The average molecular weight is 426 g/mol. The van der Waals surface area contributed by atoms with Crippen LogP contribution in [0.15, 0.2) is 36.0 Å². The molecule has 1 fully saturated rings. The number of carbonyl (C=O) groups is 1. The molecule has 30 heavy (non-hydrogen) atoms. The summed E-state index contributed by atoms with van der Waals surface area (Å²) in [6.07, 6.45) is 1.64. The van der Waals surface area contributed by atoms with E-state index < -0.39 is 0 Å². The predicted molar refractivity (Wildman–Crippen MR) is 121 cm³/mol. The Kier molecular flexibility index (Phi) is 5.99. The topological polar surface area (TPSA) is 81.6 Å². The molecule has 0 radical (unpaired) electrons. The second kappa shape index (κ2) is 8.67. The summed E-state index contributed by atoms with van der Waals surface area (Å²) in [6, 6.07) is 8.11. The highest BCUT2D eigenvalue weighted by molar-refractivity contribution is 7.16. The van der Waals surface area contributed by atoms with Gasteiger partial charge in [-0.3, -0.25) is 9.69 Å². The van der Waals surface area contributed by atoms with Gasteiger partial charge in [-0.05, 0) is 49.4 Å². The van der Waals surface area contributed by atoms with Crippen molar-refractivity contribution in [3.63, 3.8) is 0 Å². The zero-order chi connectivity index (χ0) is 21.3. The van der Waals surface area contributed by atoms with Gasteiger partial charge in [0.05, 0.1) is 18.5 Å². The van der Waals surface area contributed by atoms with Crippen molar-refractivity contribution < 1.29 is 9.90 Å². The largest absolute Gasteiger partial charge is 0.392 e. The molecule has 0 spiro atoms. The maximum atomic E-state index is 12.7. The summed E-state index contributed by atoms with van der Waals surface area (Å²) in [5.74, 6) is 0.935. The van der Waals surface area contributed by atoms with Gasteiger partial charge in [-0.1, -0.05) is 12.1 Å². The van der Waals surface area contributed by atoms with E-state index in [1.807, 2.05) is 30.5 Å². The number of thiophene rings is 1. The number of piperazine rings is 1. The molecule has 158 valence electrons. The molecule has 0 bridgehead atoms. The lowest BCUT2D eigenvalue weighted by atomic mass is 10.1. The fourth-order valence-corrected chi connectivity index (χ4v) is 5.07. The van der Waals surface area contributed by atoms with Crippen LogP contribution in [0.25, 0.3) is 10.2 Å². The van der Waals surface area contributed by atoms with Crippen molar-refractivity contribution in [3.8, 4) is 0 Å². The van der Waals surface area contributed by atoms with Gasteiger partial charge in [0, 0.05) is 30.9 Å². The summed E-state index contributed by atoms with van der Waals surface area (Å²) in [5, 5.41) is 15.6.